The molecule has 2 aromatic rings. The molecule has 0 radical (unpaired) electrons. The first-order valence-corrected chi connectivity index (χ1v) is 16.2. The van der Waals surface area contributed by atoms with Crippen LogP contribution in [0.4, 0.5) is 5.69 Å². The van der Waals surface area contributed by atoms with Crippen LogP contribution in [0.1, 0.15) is 55.2 Å². The molecule has 5 rings (SSSR count). The van der Waals surface area contributed by atoms with Gasteiger partial charge in [0.2, 0.25) is 5.91 Å². The average molecular weight is 637 g/mol. The van der Waals surface area contributed by atoms with Crippen molar-refractivity contribution in [3.05, 3.63) is 83.4 Å². The molecule has 1 aliphatic heterocycles. The molecule has 3 aliphatic rings. The number of carbonyl (C=O) groups is 2. The second-order valence-corrected chi connectivity index (χ2v) is 13.4. The van der Waals surface area contributed by atoms with Gasteiger partial charge in [-0.05, 0) is 91.3 Å². The van der Waals surface area contributed by atoms with Crippen molar-refractivity contribution in [2.45, 2.75) is 62.1 Å². The first-order chi connectivity index (χ1) is 21.5. The van der Waals surface area contributed by atoms with Crippen molar-refractivity contribution in [2.75, 3.05) is 45.3 Å². The molecule has 45 heavy (non-hydrogen) atoms. The second-order valence-electron chi connectivity index (χ2n) is 12.9. The fourth-order valence-corrected chi connectivity index (χ4v) is 7.52. The maximum absolute atomic E-state index is 13.2. The lowest BCUT2D eigenvalue weighted by atomic mass is 9.68. The molecule has 0 aromatic heterocycles. The Bertz CT molecular complexity index is 1450. The quantitative estimate of drug-likeness (QED) is 0.259. The molecule has 1 saturated carbocycles. The van der Waals surface area contributed by atoms with Gasteiger partial charge < -0.3 is 29.5 Å². The standard InChI is InChI=1S/C36H45ClN2O6/c1-5-7-17-38(3)33(41)20-36(43,34(42)44-4)26-11-15-32-30(19-26)39(21-25-10-13-28(25)31(40)6-2)22-35(23-45-32)16-8-9-24-18-27(37)12-14-29(24)35/h5-6,11-12,14-15,18-19,25,28,31,40,43H,1-2,7-10,13,16-17,20-23H2,3-4H3/t25-,28+,31-,35-,36+/m0/s1. The number of fused-ring (bicyclic) bond motifs is 3. The summed E-state index contributed by atoms with van der Waals surface area (Å²) in [5.41, 5.74) is 0.939. The topological polar surface area (TPSA) is 99.5 Å². The number of anilines is 1. The van der Waals surface area contributed by atoms with Crippen LogP contribution in [0.15, 0.2) is 61.7 Å². The van der Waals surface area contributed by atoms with Gasteiger partial charge in [0.15, 0.2) is 5.60 Å². The van der Waals surface area contributed by atoms with Gasteiger partial charge in [-0.2, -0.15) is 0 Å². The van der Waals surface area contributed by atoms with E-state index >= 15 is 0 Å². The molecule has 8 nitrogen and oxygen atoms in total. The van der Waals surface area contributed by atoms with Crippen molar-refractivity contribution >= 4 is 29.2 Å². The number of aryl methyl sites for hydroxylation is 1. The number of halogens is 1. The Morgan fingerprint density at radius 1 is 1.27 bits per heavy atom. The molecular formula is C36H45ClN2O6. The molecular weight excluding hydrogens is 592 g/mol. The molecule has 2 N–H and O–H groups in total. The lowest BCUT2D eigenvalue weighted by molar-refractivity contribution is -0.168. The van der Waals surface area contributed by atoms with E-state index in [0.717, 1.165) is 37.8 Å². The molecule has 1 spiro atoms. The van der Waals surface area contributed by atoms with Gasteiger partial charge in [-0.25, -0.2) is 4.79 Å². The number of benzene rings is 2. The summed E-state index contributed by atoms with van der Waals surface area (Å²) in [7, 11) is 2.84. The van der Waals surface area contributed by atoms with Crippen molar-refractivity contribution in [3.8, 4) is 5.75 Å². The summed E-state index contributed by atoms with van der Waals surface area (Å²) in [4.78, 5) is 30.1. The third-order valence-corrected chi connectivity index (χ3v) is 10.4. The van der Waals surface area contributed by atoms with E-state index in [1.165, 1.54) is 23.1 Å². The lowest BCUT2D eigenvalue weighted by Crippen LogP contribution is -2.49. The number of carbonyl (C=O) groups excluding carboxylic acids is 2. The monoisotopic (exact) mass is 636 g/mol. The van der Waals surface area contributed by atoms with Crippen LogP contribution in [-0.4, -0.2) is 73.5 Å². The number of hydrogen-bond donors (Lipinski definition) is 2. The van der Waals surface area contributed by atoms with Crippen LogP contribution in [0.5, 0.6) is 5.75 Å². The van der Waals surface area contributed by atoms with Crippen LogP contribution in [0.3, 0.4) is 0 Å². The number of amides is 1. The van der Waals surface area contributed by atoms with Gasteiger partial charge in [0.25, 0.3) is 0 Å². The van der Waals surface area contributed by atoms with Gasteiger partial charge in [0.1, 0.15) is 5.75 Å². The Balaban J connectivity index is 1.55. The van der Waals surface area contributed by atoms with E-state index in [1.54, 1.807) is 37.4 Å². The smallest absolute Gasteiger partial charge is 0.343 e. The summed E-state index contributed by atoms with van der Waals surface area (Å²) in [6.45, 7) is 9.69. The molecule has 1 fully saturated rings. The number of methoxy groups -OCH3 is 1. The molecule has 0 saturated heterocycles. The van der Waals surface area contributed by atoms with Crippen LogP contribution < -0.4 is 9.64 Å². The number of hydrogen-bond acceptors (Lipinski definition) is 7. The molecule has 0 bridgehead atoms. The predicted molar refractivity (Wildman–Crippen MR) is 176 cm³/mol. The number of esters is 1. The summed E-state index contributed by atoms with van der Waals surface area (Å²) in [6.07, 6.45) is 7.62. The van der Waals surface area contributed by atoms with E-state index in [1.807, 2.05) is 6.07 Å². The third-order valence-electron chi connectivity index (χ3n) is 10.2. The third kappa shape index (κ3) is 6.51. The van der Waals surface area contributed by atoms with Crippen LogP contribution >= 0.6 is 11.6 Å². The fraction of sp³-hybridized carbons (Fsp3) is 0.500. The maximum atomic E-state index is 13.2. The van der Waals surface area contributed by atoms with Gasteiger partial charge >= 0.3 is 5.97 Å². The highest BCUT2D eigenvalue weighted by molar-refractivity contribution is 6.30. The minimum Gasteiger partial charge on any atom is -0.490 e. The van der Waals surface area contributed by atoms with Crippen molar-refractivity contribution in [1.82, 2.24) is 4.90 Å². The largest absolute Gasteiger partial charge is 0.490 e. The average Bonchev–Trinajstić information content (AvgIpc) is 3.17. The predicted octanol–water partition coefficient (Wildman–Crippen LogP) is 5.17. The minimum atomic E-state index is -2.20. The van der Waals surface area contributed by atoms with Crippen molar-refractivity contribution in [3.63, 3.8) is 0 Å². The normalized spacial score (nSPS) is 24.1. The zero-order chi connectivity index (χ0) is 32.4. The van der Waals surface area contributed by atoms with Gasteiger partial charge in [-0.1, -0.05) is 35.9 Å². The van der Waals surface area contributed by atoms with E-state index in [9.17, 15) is 19.8 Å². The fourth-order valence-electron chi connectivity index (χ4n) is 7.32. The summed E-state index contributed by atoms with van der Waals surface area (Å²) < 4.78 is 11.6. The highest BCUT2D eigenvalue weighted by Crippen LogP contribution is 2.47. The zero-order valence-electron chi connectivity index (χ0n) is 26.3. The highest BCUT2D eigenvalue weighted by atomic mass is 35.5. The first-order valence-electron chi connectivity index (χ1n) is 15.8. The SMILES string of the molecule is C=CCCN(C)C(=O)C[C@](O)(C(=O)OC)c1ccc2c(c1)N(C[C@@H]1CC[C@H]1[C@@H](O)C=C)C[C@@]1(CCCc3cc(Cl)ccc31)CO2. The molecule has 0 unspecified atom stereocenters. The molecule has 2 aliphatic carbocycles. The lowest BCUT2D eigenvalue weighted by Gasteiger charge is -2.45. The zero-order valence-corrected chi connectivity index (χ0v) is 27.1. The van der Waals surface area contributed by atoms with Crippen LogP contribution in [-0.2, 0) is 31.8 Å². The van der Waals surface area contributed by atoms with Crippen molar-refractivity contribution < 1.29 is 29.3 Å². The minimum absolute atomic E-state index is 0.0995. The Morgan fingerprint density at radius 2 is 2.07 bits per heavy atom. The summed E-state index contributed by atoms with van der Waals surface area (Å²) in [5.74, 6) is -0.338. The van der Waals surface area contributed by atoms with E-state index < -0.39 is 24.1 Å². The maximum Gasteiger partial charge on any atom is 0.343 e. The number of rotatable bonds is 11. The van der Waals surface area contributed by atoms with Crippen LogP contribution in [0.25, 0.3) is 0 Å². The highest BCUT2D eigenvalue weighted by Gasteiger charge is 2.46. The molecule has 5 atom stereocenters. The van der Waals surface area contributed by atoms with E-state index in [2.05, 4.69) is 30.2 Å². The number of ether oxygens (including phenoxy) is 2. The molecule has 2 aromatic carbocycles. The van der Waals surface area contributed by atoms with Crippen LogP contribution in [0.2, 0.25) is 5.02 Å². The Hall–Kier alpha value is -3.33. The molecule has 1 heterocycles. The molecule has 1 amide bonds. The summed E-state index contributed by atoms with van der Waals surface area (Å²) in [5, 5.41) is 23.2. The van der Waals surface area contributed by atoms with Gasteiger partial charge in [0, 0.05) is 37.1 Å². The van der Waals surface area contributed by atoms with Gasteiger partial charge in [-0.15, -0.1) is 13.2 Å². The van der Waals surface area contributed by atoms with Crippen molar-refractivity contribution in [1.29, 1.82) is 0 Å². The summed E-state index contributed by atoms with van der Waals surface area (Å²) in [6, 6.07) is 11.3. The number of aliphatic hydroxyl groups is 2. The van der Waals surface area contributed by atoms with Gasteiger partial charge in [0.05, 0.1) is 31.9 Å². The Labute approximate surface area is 271 Å². The van der Waals surface area contributed by atoms with E-state index in [4.69, 9.17) is 21.1 Å². The number of nitrogens with zero attached hydrogens (tertiary/aromatic N) is 2. The Morgan fingerprint density at radius 3 is 2.76 bits per heavy atom. The van der Waals surface area contributed by atoms with Crippen molar-refractivity contribution in [2.24, 2.45) is 11.8 Å². The first kappa shape index (κ1) is 33.0. The second kappa shape index (κ2) is 13.6. The molecule has 242 valence electrons. The molecule has 9 heteroatoms. The number of aliphatic hydroxyl groups excluding tert-OH is 1. The van der Waals surface area contributed by atoms with E-state index in [-0.39, 0.29) is 28.7 Å². The van der Waals surface area contributed by atoms with Gasteiger partial charge in [-0.3, -0.25) is 4.79 Å². The van der Waals surface area contributed by atoms with E-state index in [0.29, 0.717) is 43.4 Å². The summed E-state index contributed by atoms with van der Waals surface area (Å²) >= 11 is 6.40. The Kier molecular flexibility index (Phi) is 9.97. The van der Waals surface area contributed by atoms with Crippen LogP contribution in [0, 0.1) is 11.8 Å².